The lowest BCUT2D eigenvalue weighted by molar-refractivity contribution is 0.0662. The Kier molecular flexibility index (Phi) is 5.61. The number of rotatable bonds is 6. The number of hydrogen-bond donors (Lipinski definition) is 1. The minimum atomic E-state index is -3.31. The first kappa shape index (κ1) is 18.4. The van der Waals surface area contributed by atoms with E-state index in [1.54, 1.807) is 43.7 Å². The topological polar surface area (TPSA) is 84.3 Å². The Labute approximate surface area is 154 Å². The average Bonchev–Trinajstić information content (AvgIpc) is 3.15. The minimum absolute atomic E-state index is 0.00905. The van der Waals surface area contributed by atoms with E-state index in [1.165, 1.54) is 0 Å². The fraction of sp³-hybridized carbons (Fsp3) is 0.444. The van der Waals surface area contributed by atoms with Crippen LogP contribution in [0.1, 0.15) is 30.1 Å². The van der Waals surface area contributed by atoms with E-state index in [-0.39, 0.29) is 11.7 Å². The molecule has 1 aromatic carbocycles. The van der Waals surface area contributed by atoms with Gasteiger partial charge in [-0.15, -0.1) is 0 Å². The first-order valence-electron chi connectivity index (χ1n) is 8.82. The molecule has 0 bridgehead atoms. The SMILES string of the molecule is CCS(=O)(=O)Nc1ccc(C(=O)N2CCC[C@@H](Cn3ccnc3)C2)cc1. The third-order valence-electron chi connectivity index (χ3n) is 4.62. The van der Waals surface area contributed by atoms with Crippen LogP contribution in [0.15, 0.2) is 43.0 Å². The molecule has 1 N–H and O–H groups in total. The highest BCUT2D eigenvalue weighted by Gasteiger charge is 2.24. The molecule has 3 rings (SSSR count). The van der Waals surface area contributed by atoms with Crippen molar-refractivity contribution in [1.82, 2.24) is 14.5 Å². The molecule has 1 fully saturated rings. The number of anilines is 1. The summed E-state index contributed by atoms with van der Waals surface area (Å²) in [5.74, 6) is 0.419. The van der Waals surface area contributed by atoms with Crippen molar-refractivity contribution in [1.29, 1.82) is 0 Å². The second-order valence-electron chi connectivity index (χ2n) is 6.60. The van der Waals surface area contributed by atoms with Crippen LogP contribution in [-0.2, 0) is 16.6 Å². The van der Waals surface area contributed by atoms with Crippen molar-refractivity contribution < 1.29 is 13.2 Å². The van der Waals surface area contributed by atoms with Gasteiger partial charge in [-0.05, 0) is 49.9 Å². The van der Waals surface area contributed by atoms with Crippen LogP contribution in [-0.4, -0.2) is 47.6 Å². The van der Waals surface area contributed by atoms with Crippen LogP contribution in [0.5, 0.6) is 0 Å². The summed E-state index contributed by atoms with van der Waals surface area (Å²) < 4.78 is 27.8. The second kappa shape index (κ2) is 7.90. The zero-order valence-corrected chi connectivity index (χ0v) is 15.7. The molecule has 140 valence electrons. The predicted molar refractivity (Wildman–Crippen MR) is 100 cm³/mol. The Morgan fingerprint density at radius 2 is 2.08 bits per heavy atom. The zero-order valence-electron chi connectivity index (χ0n) is 14.8. The van der Waals surface area contributed by atoms with Gasteiger partial charge in [0.2, 0.25) is 10.0 Å². The highest BCUT2D eigenvalue weighted by molar-refractivity contribution is 7.92. The van der Waals surface area contributed by atoms with Crippen molar-refractivity contribution in [3.8, 4) is 0 Å². The fourth-order valence-electron chi connectivity index (χ4n) is 3.21. The standard InChI is InChI=1S/C18H24N4O3S/c1-2-26(24,25)20-17-7-5-16(6-8-17)18(23)22-10-3-4-15(13-22)12-21-11-9-19-14-21/h5-9,11,14-15,20H,2-4,10,12-13H2,1H3/t15-/m0/s1. The number of nitrogens with one attached hydrogen (secondary N) is 1. The molecule has 1 amide bonds. The van der Waals surface area contributed by atoms with Crippen molar-refractivity contribution in [2.24, 2.45) is 5.92 Å². The van der Waals surface area contributed by atoms with E-state index in [1.807, 2.05) is 15.7 Å². The largest absolute Gasteiger partial charge is 0.338 e. The van der Waals surface area contributed by atoms with Crippen molar-refractivity contribution in [3.05, 3.63) is 48.5 Å². The van der Waals surface area contributed by atoms with Gasteiger partial charge in [-0.25, -0.2) is 13.4 Å². The Hall–Kier alpha value is -2.35. The maximum Gasteiger partial charge on any atom is 0.253 e. The summed E-state index contributed by atoms with van der Waals surface area (Å²) in [4.78, 5) is 18.7. The Morgan fingerprint density at radius 3 is 2.73 bits per heavy atom. The summed E-state index contributed by atoms with van der Waals surface area (Å²) >= 11 is 0. The Morgan fingerprint density at radius 1 is 1.31 bits per heavy atom. The van der Waals surface area contributed by atoms with E-state index < -0.39 is 10.0 Å². The molecule has 1 aromatic heterocycles. The van der Waals surface area contributed by atoms with Crippen LogP contribution in [0, 0.1) is 5.92 Å². The lowest BCUT2D eigenvalue weighted by Gasteiger charge is -2.33. The van der Waals surface area contributed by atoms with Gasteiger partial charge in [0.15, 0.2) is 0 Å². The number of imidazole rings is 1. The molecular weight excluding hydrogens is 352 g/mol. The van der Waals surface area contributed by atoms with E-state index in [4.69, 9.17) is 0 Å². The lowest BCUT2D eigenvalue weighted by Crippen LogP contribution is -2.41. The van der Waals surface area contributed by atoms with Crippen LogP contribution in [0.3, 0.4) is 0 Å². The summed E-state index contributed by atoms with van der Waals surface area (Å²) in [5.41, 5.74) is 1.05. The van der Waals surface area contributed by atoms with E-state index in [2.05, 4.69) is 9.71 Å². The third-order valence-corrected chi connectivity index (χ3v) is 5.93. The number of carbonyl (C=O) groups is 1. The number of amides is 1. The van der Waals surface area contributed by atoms with Crippen LogP contribution < -0.4 is 4.72 Å². The number of aromatic nitrogens is 2. The third kappa shape index (κ3) is 4.63. The van der Waals surface area contributed by atoms with Crippen LogP contribution in [0.25, 0.3) is 0 Å². The van der Waals surface area contributed by atoms with E-state index in [0.717, 1.165) is 32.5 Å². The molecule has 0 radical (unpaired) electrons. The van der Waals surface area contributed by atoms with Crippen LogP contribution >= 0.6 is 0 Å². The van der Waals surface area contributed by atoms with E-state index in [0.29, 0.717) is 17.2 Å². The van der Waals surface area contributed by atoms with Crippen LogP contribution in [0.4, 0.5) is 5.69 Å². The number of piperidine rings is 1. The van der Waals surface area contributed by atoms with E-state index >= 15 is 0 Å². The number of carbonyl (C=O) groups excluding carboxylic acids is 1. The molecule has 7 nitrogen and oxygen atoms in total. The van der Waals surface area contributed by atoms with Gasteiger partial charge < -0.3 is 9.47 Å². The van der Waals surface area contributed by atoms with Crippen LogP contribution in [0.2, 0.25) is 0 Å². The Balaban J connectivity index is 1.63. The highest BCUT2D eigenvalue weighted by atomic mass is 32.2. The predicted octanol–water partition coefficient (Wildman–Crippen LogP) is 2.20. The molecule has 26 heavy (non-hydrogen) atoms. The van der Waals surface area contributed by atoms with Crippen molar-refractivity contribution in [2.45, 2.75) is 26.3 Å². The molecule has 2 heterocycles. The molecule has 1 atom stereocenters. The van der Waals surface area contributed by atoms with Gasteiger partial charge in [0, 0.05) is 43.3 Å². The fourth-order valence-corrected chi connectivity index (χ4v) is 3.85. The zero-order chi connectivity index (χ0) is 18.6. The molecule has 0 saturated carbocycles. The summed E-state index contributed by atoms with van der Waals surface area (Å²) in [6.45, 7) is 3.92. The molecule has 1 aliphatic heterocycles. The number of benzene rings is 1. The molecule has 2 aromatic rings. The molecule has 1 aliphatic rings. The van der Waals surface area contributed by atoms with Gasteiger partial charge in [-0.2, -0.15) is 0 Å². The molecule has 8 heteroatoms. The average molecular weight is 376 g/mol. The highest BCUT2D eigenvalue weighted by Crippen LogP contribution is 2.21. The number of likely N-dealkylation sites (tertiary alicyclic amines) is 1. The van der Waals surface area contributed by atoms with Gasteiger partial charge in [-0.1, -0.05) is 0 Å². The summed E-state index contributed by atoms with van der Waals surface area (Å²) in [7, 11) is -3.31. The monoisotopic (exact) mass is 376 g/mol. The van der Waals surface area contributed by atoms with E-state index in [9.17, 15) is 13.2 Å². The molecule has 0 spiro atoms. The second-order valence-corrected chi connectivity index (χ2v) is 8.61. The number of hydrogen-bond acceptors (Lipinski definition) is 4. The first-order valence-corrected chi connectivity index (χ1v) is 10.5. The lowest BCUT2D eigenvalue weighted by atomic mass is 9.97. The molecule has 0 aliphatic carbocycles. The van der Waals surface area contributed by atoms with Gasteiger partial charge in [0.05, 0.1) is 12.1 Å². The van der Waals surface area contributed by atoms with Gasteiger partial charge in [-0.3, -0.25) is 9.52 Å². The minimum Gasteiger partial charge on any atom is -0.338 e. The van der Waals surface area contributed by atoms with Gasteiger partial charge >= 0.3 is 0 Å². The molecule has 1 saturated heterocycles. The van der Waals surface area contributed by atoms with Gasteiger partial charge in [0.25, 0.3) is 5.91 Å². The van der Waals surface area contributed by atoms with Crippen molar-refractivity contribution in [2.75, 3.05) is 23.6 Å². The normalized spacial score (nSPS) is 17.9. The van der Waals surface area contributed by atoms with Gasteiger partial charge in [0.1, 0.15) is 0 Å². The maximum atomic E-state index is 12.8. The molecular formula is C18H24N4O3S. The first-order chi connectivity index (χ1) is 12.5. The molecule has 0 unspecified atom stereocenters. The quantitative estimate of drug-likeness (QED) is 0.838. The summed E-state index contributed by atoms with van der Waals surface area (Å²) in [6, 6.07) is 6.62. The Bertz CT molecular complexity index is 832. The maximum absolute atomic E-state index is 12.8. The number of sulfonamides is 1. The van der Waals surface area contributed by atoms with Crippen molar-refractivity contribution in [3.63, 3.8) is 0 Å². The summed E-state index contributed by atoms with van der Waals surface area (Å²) in [5, 5.41) is 0. The van der Waals surface area contributed by atoms with Crippen molar-refractivity contribution >= 4 is 21.6 Å². The number of nitrogens with zero attached hydrogens (tertiary/aromatic N) is 3. The smallest absolute Gasteiger partial charge is 0.253 e. The summed E-state index contributed by atoms with van der Waals surface area (Å²) in [6.07, 6.45) is 7.59.